The summed E-state index contributed by atoms with van der Waals surface area (Å²) in [7, 11) is 0. The molecule has 2 fully saturated rings. The number of hydrogen-bond donors (Lipinski definition) is 0. The molecule has 0 spiro atoms. The van der Waals surface area contributed by atoms with Crippen LogP contribution in [0, 0.1) is 28.6 Å². The molecular weight excluding hydrogens is 488 g/mol. The molecule has 0 aliphatic heterocycles. The van der Waals surface area contributed by atoms with Gasteiger partial charge in [0, 0.05) is 5.41 Å². The minimum atomic E-state index is -0.252. The van der Waals surface area contributed by atoms with E-state index in [2.05, 4.69) is 13.8 Å². The summed E-state index contributed by atoms with van der Waals surface area (Å²) in [5, 5.41) is 0. The fraction of sp³-hybridized carbons (Fsp3) is 0.471. The molecule has 2 aliphatic carbocycles. The normalized spacial score (nSPS) is 28.3. The van der Waals surface area contributed by atoms with Crippen molar-refractivity contribution in [3.8, 4) is 0 Å². The lowest BCUT2D eigenvalue weighted by atomic mass is 9.45. The molecule has 2 saturated carbocycles. The highest BCUT2D eigenvalue weighted by Crippen LogP contribution is 2.62. The summed E-state index contributed by atoms with van der Waals surface area (Å²) in [5.41, 5.74) is 2.38. The zero-order valence-corrected chi connectivity index (χ0v) is 23.1. The fourth-order valence-corrected chi connectivity index (χ4v) is 7.68. The lowest BCUT2D eigenvalue weighted by Gasteiger charge is -2.60. The van der Waals surface area contributed by atoms with Crippen molar-refractivity contribution in [3.05, 3.63) is 95.9 Å². The Hall–Kier alpha value is -3.34. The number of rotatable bonds is 9. The Bertz CT molecular complexity index is 1220. The number of carbonyl (C=O) groups excluding carboxylic acids is 2. The first kappa shape index (κ1) is 27.2. The van der Waals surface area contributed by atoms with Gasteiger partial charge in [0.2, 0.25) is 0 Å². The van der Waals surface area contributed by atoms with Crippen LogP contribution in [0.4, 0.5) is 0 Å². The molecule has 5 nitrogen and oxygen atoms in total. The molecule has 0 radical (unpaired) electrons. The van der Waals surface area contributed by atoms with E-state index in [1.165, 1.54) is 5.56 Å². The van der Waals surface area contributed by atoms with Crippen LogP contribution < -0.4 is 0 Å². The maximum Gasteiger partial charge on any atom is 0.338 e. The second-order valence-electron chi connectivity index (χ2n) is 12.1. The molecule has 0 unspecified atom stereocenters. The Morgan fingerprint density at radius 1 is 0.872 bits per heavy atom. The Morgan fingerprint density at radius 2 is 1.54 bits per heavy atom. The molecule has 0 amide bonds. The van der Waals surface area contributed by atoms with E-state index in [1.807, 2.05) is 60.9 Å². The van der Waals surface area contributed by atoms with Crippen molar-refractivity contribution in [2.75, 3.05) is 13.2 Å². The van der Waals surface area contributed by atoms with E-state index in [9.17, 15) is 9.59 Å². The molecular formula is C34H40O5. The maximum atomic E-state index is 12.8. The molecule has 3 aromatic rings. The van der Waals surface area contributed by atoms with Crippen LogP contribution in [0.25, 0.3) is 0 Å². The van der Waals surface area contributed by atoms with Crippen LogP contribution in [0.5, 0.6) is 0 Å². The van der Waals surface area contributed by atoms with E-state index < -0.39 is 0 Å². The molecule has 1 aromatic heterocycles. The molecule has 39 heavy (non-hydrogen) atoms. The number of carbonyl (C=O) groups is 2. The monoisotopic (exact) mass is 528 g/mol. The van der Waals surface area contributed by atoms with Crippen LogP contribution in [0.2, 0.25) is 0 Å². The second-order valence-corrected chi connectivity index (χ2v) is 12.1. The highest BCUT2D eigenvalue weighted by Gasteiger charge is 2.56. The standard InChI is InChI=1S/C34H40O5/c1-33(24-39-32(36)27-12-7-4-8-13-27)19-9-20-34(2)29(16-14-25-18-21-37-22-25)28(15-17-30(33)34)23-38-31(35)26-10-5-3-6-11-26/h3-8,10-13,18,21-22,28-30H,9,14-17,19-20,23-24H2,1-2H3/t28-,29+,30-,33+,34-/m1/s1. The quantitative estimate of drug-likeness (QED) is 0.266. The second kappa shape index (κ2) is 11.8. The topological polar surface area (TPSA) is 65.7 Å². The van der Waals surface area contributed by atoms with Gasteiger partial charge in [0.1, 0.15) is 0 Å². The van der Waals surface area contributed by atoms with Gasteiger partial charge in [0.15, 0.2) is 0 Å². The number of furan rings is 1. The first-order chi connectivity index (χ1) is 18.9. The lowest BCUT2D eigenvalue weighted by Crippen LogP contribution is -2.54. The Balaban J connectivity index is 1.33. The molecule has 206 valence electrons. The summed E-state index contributed by atoms with van der Waals surface area (Å²) in [6.45, 7) is 5.63. The van der Waals surface area contributed by atoms with Crippen molar-refractivity contribution in [2.24, 2.45) is 28.6 Å². The third-order valence-electron chi connectivity index (χ3n) is 9.65. The minimum Gasteiger partial charge on any atom is -0.472 e. The van der Waals surface area contributed by atoms with Gasteiger partial charge in [-0.15, -0.1) is 0 Å². The highest BCUT2D eigenvalue weighted by molar-refractivity contribution is 5.89. The first-order valence-electron chi connectivity index (χ1n) is 14.3. The molecule has 2 aromatic carbocycles. The average Bonchev–Trinajstić information content (AvgIpc) is 3.48. The van der Waals surface area contributed by atoms with Crippen LogP contribution in [0.15, 0.2) is 83.7 Å². The highest BCUT2D eigenvalue weighted by atomic mass is 16.5. The van der Waals surface area contributed by atoms with Crippen molar-refractivity contribution in [2.45, 2.75) is 58.8 Å². The summed E-state index contributed by atoms with van der Waals surface area (Å²) in [6, 6.07) is 20.5. The predicted octanol–water partition coefficient (Wildman–Crippen LogP) is 7.77. The van der Waals surface area contributed by atoms with Crippen molar-refractivity contribution >= 4 is 11.9 Å². The molecule has 0 saturated heterocycles. The summed E-state index contributed by atoms with van der Waals surface area (Å²) in [6.07, 6.45) is 10.9. The average molecular weight is 529 g/mol. The molecule has 2 aliphatic rings. The van der Waals surface area contributed by atoms with Crippen molar-refractivity contribution < 1.29 is 23.5 Å². The minimum absolute atomic E-state index is 0.0674. The van der Waals surface area contributed by atoms with E-state index in [-0.39, 0.29) is 22.8 Å². The van der Waals surface area contributed by atoms with Crippen LogP contribution in [0.3, 0.4) is 0 Å². The van der Waals surface area contributed by atoms with Gasteiger partial charge in [0.25, 0.3) is 0 Å². The van der Waals surface area contributed by atoms with Gasteiger partial charge in [-0.3, -0.25) is 0 Å². The number of ether oxygens (including phenoxy) is 2. The van der Waals surface area contributed by atoms with Crippen LogP contribution in [-0.4, -0.2) is 25.2 Å². The third-order valence-corrected chi connectivity index (χ3v) is 9.65. The van der Waals surface area contributed by atoms with E-state index in [4.69, 9.17) is 13.9 Å². The molecule has 5 rings (SSSR count). The summed E-state index contributed by atoms with van der Waals surface area (Å²) < 4.78 is 17.2. The van der Waals surface area contributed by atoms with Gasteiger partial charge in [-0.25, -0.2) is 9.59 Å². The van der Waals surface area contributed by atoms with Crippen LogP contribution in [0.1, 0.15) is 78.7 Å². The van der Waals surface area contributed by atoms with Crippen molar-refractivity contribution in [3.63, 3.8) is 0 Å². The third kappa shape index (κ3) is 5.98. The number of fused-ring (bicyclic) bond motifs is 1. The number of aryl methyl sites for hydroxylation is 1. The van der Waals surface area contributed by atoms with Gasteiger partial charge in [-0.1, -0.05) is 56.7 Å². The lowest BCUT2D eigenvalue weighted by molar-refractivity contribution is -0.130. The smallest absolute Gasteiger partial charge is 0.338 e. The molecule has 0 bridgehead atoms. The molecule has 5 heteroatoms. The van der Waals surface area contributed by atoms with Crippen molar-refractivity contribution in [1.29, 1.82) is 0 Å². The Morgan fingerprint density at radius 3 is 2.18 bits per heavy atom. The maximum absolute atomic E-state index is 12.8. The molecule has 1 heterocycles. The summed E-state index contributed by atoms with van der Waals surface area (Å²) >= 11 is 0. The van der Waals surface area contributed by atoms with Gasteiger partial charge in [-0.2, -0.15) is 0 Å². The zero-order valence-electron chi connectivity index (χ0n) is 23.1. The number of benzene rings is 2. The van der Waals surface area contributed by atoms with Crippen molar-refractivity contribution in [1.82, 2.24) is 0 Å². The predicted molar refractivity (Wildman–Crippen MR) is 150 cm³/mol. The number of esters is 2. The van der Waals surface area contributed by atoms with Gasteiger partial charge in [-0.05, 0) is 97.6 Å². The van der Waals surface area contributed by atoms with Gasteiger partial charge < -0.3 is 13.9 Å². The SMILES string of the molecule is C[C@@]1(COC(=O)c2ccccc2)CCC[C@@]2(C)[C@@H]1CC[C@H](COC(=O)c1ccccc1)[C@@H]2CCc1ccoc1. The fourth-order valence-electron chi connectivity index (χ4n) is 7.68. The summed E-state index contributed by atoms with van der Waals surface area (Å²) in [5.74, 6) is 0.608. The largest absolute Gasteiger partial charge is 0.472 e. The van der Waals surface area contributed by atoms with E-state index in [0.717, 1.165) is 44.9 Å². The Labute approximate surface area is 231 Å². The zero-order chi connectivity index (χ0) is 27.3. The molecule has 0 N–H and O–H groups in total. The molecule has 5 atom stereocenters. The summed E-state index contributed by atoms with van der Waals surface area (Å²) in [4.78, 5) is 25.6. The number of hydrogen-bond acceptors (Lipinski definition) is 5. The van der Waals surface area contributed by atoms with E-state index >= 15 is 0 Å². The van der Waals surface area contributed by atoms with Crippen LogP contribution >= 0.6 is 0 Å². The first-order valence-corrected chi connectivity index (χ1v) is 14.3. The Kier molecular flexibility index (Phi) is 8.25. The van der Waals surface area contributed by atoms with Gasteiger partial charge >= 0.3 is 11.9 Å². The van der Waals surface area contributed by atoms with E-state index in [0.29, 0.717) is 42.1 Å². The van der Waals surface area contributed by atoms with E-state index in [1.54, 1.807) is 18.4 Å². The van der Waals surface area contributed by atoms with Gasteiger partial charge in [0.05, 0.1) is 36.9 Å². The van der Waals surface area contributed by atoms with Crippen LogP contribution in [-0.2, 0) is 15.9 Å².